The molecule has 7 heteroatoms. The van der Waals surface area contributed by atoms with Crippen LogP contribution in [0.5, 0.6) is 0 Å². The fourth-order valence-corrected chi connectivity index (χ4v) is 2.84. The quantitative estimate of drug-likeness (QED) is 0.872. The van der Waals surface area contributed by atoms with E-state index in [1.165, 1.54) is 6.07 Å². The molecule has 5 nitrogen and oxygen atoms in total. The van der Waals surface area contributed by atoms with Crippen LogP contribution in [0.2, 0.25) is 5.02 Å². The Kier molecular flexibility index (Phi) is 5.73. The van der Waals surface area contributed by atoms with E-state index >= 15 is 0 Å². The van der Waals surface area contributed by atoms with Crippen molar-refractivity contribution in [2.75, 3.05) is 36.5 Å². The lowest BCUT2D eigenvalue weighted by Crippen LogP contribution is -2.36. The number of hydrogen-bond acceptors (Lipinski definition) is 3. The summed E-state index contributed by atoms with van der Waals surface area (Å²) in [5, 5.41) is 5.91. The Hall–Kier alpha value is -2.31. The van der Waals surface area contributed by atoms with E-state index in [1.54, 1.807) is 18.2 Å². The fourth-order valence-electron chi connectivity index (χ4n) is 2.64. The number of rotatable bonds is 4. The predicted molar refractivity (Wildman–Crippen MR) is 96.7 cm³/mol. The van der Waals surface area contributed by atoms with Crippen LogP contribution in [0.15, 0.2) is 42.5 Å². The highest BCUT2D eigenvalue weighted by molar-refractivity contribution is 6.31. The lowest BCUT2D eigenvalue weighted by atomic mass is 10.2. The number of nitrogens with zero attached hydrogens (tertiary/aromatic N) is 1. The molecule has 0 atom stereocenters. The number of anilines is 2. The van der Waals surface area contributed by atoms with Crippen LogP contribution in [0.25, 0.3) is 0 Å². The van der Waals surface area contributed by atoms with Gasteiger partial charge in [-0.1, -0.05) is 29.8 Å². The third kappa shape index (κ3) is 4.61. The zero-order valence-corrected chi connectivity index (χ0v) is 14.4. The van der Waals surface area contributed by atoms with Crippen molar-refractivity contribution in [3.8, 4) is 0 Å². The van der Waals surface area contributed by atoms with E-state index in [4.69, 9.17) is 16.3 Å². The van der Waals surface area contributed by atoms with Crippen LogP contribution in [-0.4, -0.2) is 32.3 Å². The van der Waals surface area contributed by atoms with E-state index in [0.29, 0.717) is 49.2 Å². The Morgan fingerprint density at radius 3 is 2.68 bits per heavy atom. The number of urea groups is 1. The topological polar surface area (TPSA) is 53.6 Å². The number of halogens is 2. The average molecular weight is 364 g/mol. The first-order chi connectivity index (χ1) is 12.1. The highest BCUT2D eigenvalue weighted by atomic mass is 35.5. The van der Waals surface area contributed by atoms with Gasteiger partial charge in [0.2, 0.25) is 0 Å². The molecule has 1 aliphatic heterocycles. The predicted octanol–water partition coefficient (Wildman–Crippen LogP) is 3.64. The third-order valence-electron chi connectivity index (χ3n) is 3.95. The van der Waals surface area contributed by atoms with Crippen molar-refractivity contribution in [3.05, 3.63) is 58.9 Å². The molecule has 0 bridgehead atoms. The van der Waals surface area contributed by atoms with Crippen LogP contribution in [-0.2, 0) is 11.3 Å². The number of carbonyl (C=O) groups is 1. The Bertz CT molecular complexity index is 751. The minimum absolute atomic E-state index is 0.292. The van der Waals surface area contributed by atoms with E-state index in [0.717, 1.165) is 5.56 Å². The molecule has 0 aromatic heterocycles. The maximum absolute atomic E-state index is 14.3. The molecule has 2 N–H and O–H groups in total. The second-order valence-electron chi connectivity index (χ2n) is 5.66. The molecule has 2 aromatic carbocycles. The molecule has 25 heavy (non-hydrogen) atoms. The van der Waals surface area contributed by atoms with Crippen molar-refractivity contribution in [2.45, 2.75) is 6.54 Å². The normalized spacial score (nSPS) is 14.2. The summed E-state index contributed by atoms with van der Waals surface area (Å²) in [7, 11) is 0. The Balaban J connectivity index is 1.58. The van der Waals surface area contributed by atoms with Crippen molar-refractivity contribution < 1.29 is 13.9 Å². The second kappa shape index (κ2) is 8.18. The van der Waals surface area contributed by atoms with Gasteiger partial charge in [-0.05, 0) is 29.8 Å². The highest BCUT2D eigenvalue weighted by Crippen LogP contribution is 2.23. The van der Waals surface area contributed by atoms with E-state index in [9.17, 15) is 9.18 Å². The maximum Gasteiger partial charge on any atom is 0.319 e. The fraction of sp³-hybridized carbons (Fsp3) is 0.278. The first-order valence-electron chi connectivity index (χ1n) is 8.04. The number of benzene rings is 2. The van der Waals surface area contributed by atoms with Crippen LogP contribution < -0.4 is 15.5 Å². The van der Waals surface area contributed by atoms with Gasteiger partial charge in [-0.15, -0.1) is 0 Å². The molecule has 0 radical (unpaired) electrons. The lowest BCUT2D eigenvalue weighted by molar-refractivity contribution is 0.122. The van der Waals surface area contributed by atoms with Crippen molar-refractivity contribution in [1.82, 2.24) is 5.32 Å². The average Bonchev–Trinajstić information content (AvgIpc) is 2.62. The lowest BCUT2D eigenvalue weighted by Gasteiger charge is -2.29. The second-order valence-corrected chi connectivity index (χ2v) is 6.07. The molecule has 3 rings (SSSR count). The molecule has 2 aromatic rings. The van der Waals surface area contributed by atoms with E-state index < -0.39 is 6.03 Å². The van der Waals surface area contributed by atoms with Crippen LogP contribution in [0.1, 0.15) is 5.56 Å². The molecular formula is C18H19ClFN3O2. The minimum Gasteiger partial charge on any atom is -0.378 e. The SMILES string of the molecule is O=C(NCc1ccccc1Cl)Nc1ccc(N2CCOCC2)c(F)c1. The van der Waals surface area contributed by atoms with E-state index in [-0.39, 0.29) is 5.82 Å². The summed E-state index contributed by atoms with van der Waals surface area (Å²) in [6.45, 7) is 2.78. The van der Waals surface area contributed by atoms with Crippen LogP contribution in [0.4, 0.5) is 20.6 Å². The minimum atomic E-state index is -0.418. The first kappa shape index (κ1) is 17.5. The number of nitrogens with one attached hydrogen (secondary N) is 2. The zero-order chi connectivity index (χ0) is 17.6. The number of morpholine rings is 1. The van der Waals surface area contributed by atoms with Crippen LogP contribution in [0, 0.1) is 5.82 Å². The number of amides is 2. The molecule has 2 amide bonds. The standard InChI is InChI=1S/C18H19ClFN3O2/c19-15-4-2-1-3-13(15)12-21-18(24)22-14-5-6-17(16(20)11-14)23-7-9-25-10-8-23/h1-6,11H,7-10,12H2,(H2,21,22,24). The smallest absolute Gasteiger partial charge is 0.319 e. The van der Waals surface area contributed by atoms with Crippen molar-refractivity contribution in [1.29, 1.82) is 0 Å². The van der Waals surface area contributed by atoms with Crippen molar-refractivity contribution in [2.24, 2.45) is 0 Å². The number of ether oxygens (including phenoxy) is 1. The summed E-state index contributed by atoms with van der Waals surface area (Å²) in [6, 6.07) is 11.5. The monoisotopic (exact) mass is 363 g/mol. The molecule has 1 saturated heterocycles. The molecule has 0 aliphatic carbocycles. The molecule has 0 saturated carbocycles. The van der Waals surface area contributed by atoms with Gasteiger partial charge in [0.15, 0.2) is 0 Å². The summed E-state index contributed by atoms with van der Waals surface area (Å²) >= 11 is 6.05. The number of carbonyl (C=O) groups excluding carboxylic acids is 1. The van der Waals surface area contributed by atoms with E-state index in [2.05, 4.69) is 10.6 Å². The van der Waals surface area contributed by atoms with Crippen molar-refractivity contribution in [3.63, 3.8) is 0 Å². The van der Waals surface area contributed by atoms with Gasteiger partial charge >= 0.3 is 6.03 Å². The van der Waals surface area contributed by atoms with E-state index in [1.807, 2.05) is 23.1 Å². The summed E-state index contributed by atoms with van der Waals surface area (Å²) in [6.07, 6.45) is 0. The largest absolute Gasteiger partial charge is 0.378 e. The molecular weight excluding hydrogens is 345 g/mol. The third-order valence-corrected chi connectivity index (χ3v) is 4.32. The van der Waals surface area contributed by atoms with Gasteiger partial charge in [0.1, 0.15) is 5.82 Å². The van der Waals surface area contributed by atoms with Crippen LogP contribution in [0.3, 0.4) is 0 Å². The van der Waals surface area contributed by atoms with Gasteiger partial charge in [-0.3, -0.25) is 0 Å². The summed E-state index contributed by atoms with van der Waals surface area (Å²) < 4.78 is 19.6. The van der Waals surface area contributed by atoms with Gasteiger partial charge < -0.3 is 20.3 Å². The number of hydrogen-bond donors (Lipinski definition) is 2. The summed E-state index contributed by atoms with van der Waals surface area (Å²) in [5.41, 5.74) is 1.73. The summed E-state index contributed by atoms with van der Waals surface area (Å²) in [4.78, 5) is 13.9. The maximum atomic E-state index is 14.3. The first-order valence-corrected chi connectivity index (χ1v) is 8.42. The molecule has 1 aliphatic rings. The highest BCUT2D eigenvalue weighted by Gasteiger charge is 2.15. The molecule has 1 fully saturated rings. The molecule has 132 valence electrons. The Labute approximate surface area is 150 Å². The van der Waals surface area contributed by atoms with Gasteiger partial charge in [0.05, 0.1) is 18.9 Å². The van der Waals surface area contributed by atoms with Gasteiger partial charge in [0, 0.05) is 30.3 Å². The zero-order valence-electron chi connectivity index (χ0n) is 13.6. The molecule has 1 heterocycles. The molecule has 0 unspecified atom stereocenters. The summed E-state index contributed by atoms with van der Waals surface area (Å²) in [5.74, 6) is -0.370. The Morgan fingerprint density at radius 1 is 1.20 bits per heavy atom. The van der Waals surface area contributed by atoms with Gasteiger partial charge in [0.25, 0.3) is 0 Å². The van der Waals surface area contributed by atoms with Gasteiger partial charge in [-0.25, -0.2) is 9.18 Å². The van der Waals surface area contributed by atoms with Gasteiger partial charge in [-0.2, -0.15) is 0 Å². The van der Waals surface area contributed by atoms with Crippen LogP contribution >= 0.6 is 11.6 Å². The molecule has 0 spiro atoms. The van der Waals surface area contributed by atoms with Crippen molar-refractivity contribution >= 4 is 29.0 Å². The Morgan fingerprint density at radius 2 is 1.96 bits per heavy atom.